The first-order chi connectivity index (χ1) is 11.5. The number of nitrogens with one attached hydrogen (secondary N) is 1. The van der Waals surface area contributed by atoms with E-state index in [1.807, 2.05) is 36.6 Å². The summed E-state index contributed by atoms with van der Waals surface area (Å²) in [6, 6.07) is 8.01. The molecule has 2 N–H and O–H groups in total. The predicted octanol–water partition coefficient (Wildman–Crippen LogP) is 2.02. The Morgan fingerprint density at radius 1 is 1.38 bits per heavy atom. The molecule has 1 aromatic heterocycles. The molecule has 3 rings (SSSR count). The number of ether oxygens (including phenoxy) is 1. The lowest BCUT2D eigenvalue weighted by Crippen LogP contribution is -2.55. The van der Waals surface area contributed by atoms with Crippen LogP contribution in [0.3, 0.4) is 0 Å². The highest BCUT2D eigenvalue weighted by Crippen LogP contribution is 2.24. The van der Waals surface area contributed by atoms with Crippen molar-refractivity contribution in [1.82, 2.24) is 10.3 Å². The number of hydrogen-bond acceptors (Lipinski definition) is 5. The normalized spacial score (nSPS) is 20.0. The molecule has 2 heterocycles. The standard InChI is InChI=1S/C17H18N2O4S/c1-11-2-4-12(5-3-11)15-18-13(9-24-15)8-14(20)19-17(16(21)22)6-7-23-10-17/h2-5,9H,6-8,10H2,1H3,(H,19,20)(H,21,22). The van der Waals surface area contributed by atoms with Crippen molar-refractivity contribution in [2.75, 3.05) is 13.2 Å². The quantitative estimate of drug-likeness (QED) is 0.865. The first-order valence-corrected chi connectivity index (χ1v) is 8.50. The molecule has 0 radical (unpaired) electrons. The lowest BCUT2D eigenvalue weighted by molar-refractivity contribution is -0.147. The van der Waals surface area contributed by atoms with Gasteiger partial charge >= 0.3 is 5.97 Å². The fourth-order valence-corrected chi connectivity index (χ4v) is 3.40. The first-order valence-electron chi connectivity index (χ1n) is 7.62. The van der Waals surface area contributed by atoms with E-state index in [0.29, 0.717) is 12.3 Å². The molecule has 0 aliphatic carbocycles. The number of carboxylic acids is 1. The number of aliphatic carboxylic acids is 1. The molecular formula is C17H18N2O4S. The first kappa shape index (κ1) is 16.6. The topological polar surface area (TPSA) is 88.5 Å². The maximum atomic E-state index is 12.2. The zero-order valence-corrected chi connectivity index (χ0v) is 14.1. The van der Waals surface area contributed by atoms with Crippen LogP contribution in [0, 0.1) is 6.92 Å². The van der Waals surface area contributed by atoms with E-state index in [1.165, 1.54) is 16.9 Å². The van der Waals surface area contributed by atoms with Crippen LogP contribution in [0.1, 0.15) is 17.7 Å². The van der Waals surface area contributed by atoms with Crippen LogP contribution in [-0.4, -0.2) is 40.7 Å². The van der Waals surface area contributed by atoms with Gasteiger partial charge in [0, 0.05) is 24.0 Å². The number of carbonyl (C=O) groups is 2. The van der Waals surface area contributed by atoms with Gasteiger partial charge in [0.1, 0.15) is 5.01 Å². The largest absolute Gasteiger partial charge is 0.479 e. The molecule has 1 saturated heterocycles. The summed E-state index contributed by atoms with van der Waals surface area (Å²) in [5, 5.41) is 14.6. The summed E-state index contributed by atoms with van der Waals surface area (Å²) >= 11 is 1.47. The second-order valence-electron chi connectivity index (χ2n) is 5.92. The molecule has 1 unspecified atom stereocenters. The van der Waals surface area contributed by atoms with Crippen molar-refractivity contribution in [1.29, 1.82) is 0 Å². The third-order valence-corrected chi connectivity index (χ3v) is 4.94. The molecule has 1 aliphatic rings. The summed E-state index contributed by atoms with van der Waals surface area (Å²) < 4.78 is 5.14. The van der Waals surface area contributed by atoms with Crippen molar-refractivity contribution in [2.45, 2.75) is 25.3 Å². The van der Waals surface area contributed by atoms with Gasteiger partial charge in [-0.2, -0.15) is 0 Å². The molecule has 24 heavy (non-hydrogen) atoms. The van der Waals surface area contributed by atoms with Crippen molar-refractivity contribution in [2.24, 2.45) is 0 Å². The van der Waals surface area contributed by atoms with E-state index in [-0.39, 0.29) is 25.4 Å². The Bertz CT molecular complexity index is 748. The Kier molecular flexibility index (Phi) is 4.64. The second-order valence-corrected chi connectivity index (χ2v) is 6.78. The molecular weight excluding hydrogens is 328 g/mol. The summed E-state index contributed by atoms with van der Waals surface area (Å²) in [5.41, 5.74) is 1.50. The van der Waals surface area contributed by atoms with Gasteiger partial charge < -0.3 is 15.2 Å². The van der Waals surface area contributed by atoms with Crippen LogP contribution in [-0.2, 0) is 20.7 Å². The van der Waals surface area contributed by atoms with Crippen molar-refractivity contribution in [3.05, 3.63) is 40.9 Å². The monoisotopic (exact) mass is 346 g/mol. The lowest BCUT2D eigenvalue weighted by Gasteiger charge is -2.23. The average molecular weight is 346 g/mol. The lowest BCUT2D eigenvalue weighted by atomic mass is 9.99. The minimum atomic E-state index is -1.31. The van der Waals surface area contributed by atoms with Crippen LogP contribution in [0.2, 0.25) is 0 Å². The van der Waals surface area contributed by atoms with E-state index in [4.69, 9.17) is 4.74 Å². The Hall–Kier alpha value is -2.25. The van der Waals surface area contributed by atoms with Gasteiger partial charge in [-0.05, 0) is 6.92 Å². The van der Waals surface area contributed by atoms with Gasteiger partial charge in [0.2, 0.25) is 5.91 Å². The van der Waals surface area contributed by atoms with Gasteiger partial charge in [-0.15, -0.1) is 11.3 Å². The van der Waals surface area contributed by atoms with Crippen molar-refractivity contribution >= 4 is 23.2 Å². The number of benzene rings is 1. The van der Waals surface area contributed by atoms with E-state index < -0.39 is 11.5 Å². The highest BCUT2D eigenvalue weighted by atomic mass is 32.1. The zero-order chi connectivity index (χ0) is 17.2. The third-order valence-electron chi connectivity index (χ3n) is 4.00. The molecule has 1 aliphatic heterocycles. The van der Waals surface area contributed by atoms with Crippen molar-refractivity contribution in [3.8, 4) is 10.6 Å². The van der Waals surface area contributed by atoms with E-state index >= 15 is 0 Å². The summed E-state index contributed by atoms with van der Waals surface area (Å²) in [4.78, 5) is 28.1. The SMILES string of the molecule is Cc1ccc(-c2nc(CC(=O)NC3(C(=O)O)CCOC3)cs2)cc1. The van der Waals surface area contributed by atoms with E-state index in [9.17, 15) is 14.7 Å². The van der Waals surface area contributed by atoms with Gasteiger partial charge in [0.05, 0.1) is 18.7 Å². The predicted molar refractivity (Wildman–Crippen MR) is 89.9 cm³/mol. The van der Waals surface area contributed by atoms with Crippen LogP contribution < -0.4 is 5.32 Å². The van der Waals surface area contributed by atoms with E-state index in [1.54, 1.807) is 0 Å². The maximum Gasteiger partial charge on any atom is 0.331 e. The molecule has 2 aromatic rings. The Balaban J connectivity index is 1.67. The molecule has 0 spiro atoms. The Morgan fingerprint density at radius 2 is 2.12 bits per heavy atom. The van der Waals surface area contributed by atoms with Gasteiger partial charge in [-0.25, -0.2) is 9.78 Å². The number of thiazole rings is 1. The van der Waals surface area contributed by atoms with Crippen molar-refractivity contribution < 1.29 is 19.4 Å². The highest BCUT2D eigenvalue weighted by molar-refractivity contribution is 7.13. The van der Waals surface area contributed by atoms with Gasteiger partial charge in [0.25, 0.3) is 0 Å². The molecule has 126 valence electrons. The van der Waals surface area contributed by atoms with Gasteiger partial charge in [-0.3, -0.25) is 4.79 Å². The summed E-state index contributed by atoms with van der Waals surface area (Å²) in [5.74, 6) is -1.42. The van der Waals surface area contributed by atoms with Crippen LogP contribution in [0.15, 0.2) is 29.6 Å². The van der Waals surface area contributed by atoms with E-state index in [0.717, 1.165) is 10.6 Å². The number of aryl methyl sites for hydroxylation is 1. The second kappa shape index (κ2) is 6.70. The molecule has 1 amide bonds. The number of nitrogens with zero attached hydrogens (tertiary/aromatic N) is 1. The molecule has 1 fully saturated rings. The molecule has 0 bridgehead atoms. The Labute approximate surface area is 143 Å². The number of amides is 1. The minimum Gasteiger partial charge on any atom is -0.479 e. The highest BCUT2D eigenvalue weighted by Gasteiger charge is 2.43. The zero-order valence-electron chi connectivity index (χ0n) is 13.2. The van der Waals surface area contributed by atoms with Crippen LogP contribution in [0.25, 0.3) is 10.6 Å². The van der Waals surface area contributed by atoms with E-state index in [2.05, 4.69) is 10.3 Å². The van der Waals surface area contributed by atoms with Gasteiger partial charge in [-0.1, -0.05) is 29.8 Å². The van der Waals surface area contributed by atoms with Crippen LogP contribution in [0.5, 0.6) is 0 Å². The summed E-state index contributed by atoms with van der Waals surface area (Å²) in [6.45, 7) is 2.35. The number of hydrogen-bond donors (Lipinski definition) is 2. The number of carbonyl (C=O) groups excluding carboxylic acids is 1. The Morgan fingerprint density at radius 3 is 2.75 bits per heavy atom. The fourth-order valence-electron chi connectivity index (χ4n) is 2.58. The molecule has 1 aromatic carbocycles. The van der Waals surface area contributed by atoms with Crippen LogP contribution in [0.4, 0.5) is 0 Å². The molecule has 7 heteroatoms. The molecule has 0 saturated carbocycles. The van der Waals surface area contributed by atoms with Crippen LogP contribution >= 0.6 is 11.3 Å². The van der Waals surface area contributed by atoms with Crippen molar-refractivity contribution in [3.63, 3.8) is 0 Å². The third kappa shape index (κ3) is 3.47. The number of rotatable bonds is 5. The van der Waals surface area contributed by atoms with Gasteiger partial charge in [0.15, 0.2) is 5.54 Å². The average Bonchev–Trinajstić information content (AvgIpc) is 3.18. The minimum absolute atomic E-state index is 0.000243. The number of aromatic nitrogens is 1. The maximum absolute atomic E-state index is 12.2. The fraction of sp³-hybridized carbons (Fsp3) is 0.353. The molecule has 6 nitrogen and oxygen atoms in total. The molecule has 1 atom stereocenters. The number of carboxylic acid groups (broad SMARTS) is 1. The summed E-state index contributed by atoms with van der Waals surface area (Å²) in [6.07, 6.45) is 0.331. The smallest absolute Gasteiger partial charge is 0.331 e. The summed E-state index contributed by atoms with van der Waals surface area (Å²) in [7, 11) is 0.